The third-order valence-electron chi connectivity index (χ3n) is 4.37. The summed E-state index contributed by atoms with van der Waals surface area (Å²) in [5.41, 5.74) is 3.44. The molecular formula is C17H21N5. The van der Waals surface area contributed by atoms with Crippen molar-refractivity contribution >= 4 is 11.0 Å². The molecule has 0 atom stereocenters. The fourth-order valence-corrected chi connectivity index (χ4v) is 2.93. The van der Waals surface area contributed by atoms with Crippen LogP contribution in [0, 0.1) is 6.92 Å². The van der Waals surface area contributed by atoms with E-state index in [2.05, 4.69) is 51.6 Å². The van der Waals surface area contributed by atoms with Crippen molar-refractivity contribution in [1.29, 1.82) is 0 Å². The Balaban J connectivity index is 1.56. The summed E-state index contributed by atoms with van der Waals surface area (Å²) in [5, 5.41) is 0. The van der Waals surface area contributed by atoms with Gasteiger partial charge in [0.2, 0.25) is 0 Å². The van der Waals surface area contributed by atoms with Crippen LogP contribution in [0.25, 0.3) is 11.0 Å². The second kappa shape index (κ2) is 5.25. The Morgan fingerprint density at radius 3 is 2.91 bits per heavy atom. The van der Waals surface area contributed by atoms with E-state index < -0.39 is 0 Å². The normalized spacial score (nSPS) is 15.0. The second-order valence-corrected chi connectivity index (χ2v) is 6.29. The minimum atomic E-state index is 0.673. The van der Waals surface area contributed by atoms with Crippen LogP contribution >= 0.6 is 0 Å². The Morgan fingerprint density at radius 2 is 2.18 bits per heavy atom. The molecule has 0 saturated heterocycles. The number of nitrogens with one attached hydrogen (secondary N) is 1. The van der Waals surface area contributed by atoms with Crippen LogP contribution in [0.1, 0.15) is 30.1 Å². The van der Waals surface area contributed by atoms with Gasteiger partial charge >= 0.3 is 0 Å². The molecule has 0 radical (unpaired) electrons. The van der Waals surface area contributed by atoms with Crippen LogP contribution in [0.2, 0.25) is 0 Å². The number of H-pyrrole nitrogens is 1. The van der Waals surface area contributed by atoms with Crippen LogP contribution in [0.3, 0.4) is 0 Å². The number of fused-ring (bicyclic) bond motifs is 1. The maximum Gasteiger partial charge on any atom is 0.122 e. The maximum atomic E-state index is 4.73. The lowest BCUT2D eigenvalue weighted by Crippen LogP contribution is -2.27. The molecule has 0 aliphatic heterocycles. The number of hydrogen-bond donors (Lipinski definition) is 1. The second-order valence-electron chi connectivity index (χ2n) is 6.29. The van der Waals surface area contributed by atoms with Crippen LogP contribution in [0.5, 0.6) is 0 Å². The van der Waals surface area contributed by atoms with Crippen molar-refractivity contribution in [2.45, 2.75) is 38.9 Å². The fourth-order valence-electron chi connectivity index (χ4n) is 2.93. The van der Waals surface area contributed by atoms with Crippen molar-refractivity contribution < 1.29 is 0 Å². The van der Waals surface area contributed by atoms with Gasteiger partial charge in [0, 0.05) is 25.5 Å². The van der Waals surface area contributed by atoms with E-state index in [1.807, 2.05) is 12.4 Å². The third-order valence-corrected chi connectivity index (χ3v) is 4.37. The zero-order valence-corrected chi connectivity index (χ0v) is 13.1. The quantitative estimate of drug-likeness (QED) is 0.787. The summed E-state index contributed by atoms with van der Waals surface area (Å²) in [6.07, 6.45) is 6.43. The molecule has 0 spiro atoms. The number of rotatable bonds is 5. The molecular weight excluding hydrogens is 274 g/mol. The van der Waals surface area contributed by atoms with Crippen LogP contribution in [0.4, 0.5) is 0 Å². The number of imidazole rings is 2. The van der Waals surface area contributed by atoms with Crippen LogP contribution in [-0.4, -0.2) is 30.5 Å². The van der Waals surface area contributed by atoms with Gasteiger partial charge in [0.05, 0.1) is 24.1 Å². The van der Waals surface area contributed by atoms with Gasteiger partial charge in [-0.15, -0.1) is 0 Å². The minimum Gasteiger partial charge on any atom is -0.341 e. The van der Waals surface area contributed by atoms with E-state index >= 15 is 0 Å². The summed E-state index contributed by atoms with van der Waals surface area (Å²) >= 11 is 0. The average molecular weight is 295 g/mol. The Kier molecular flexibility index (Phi) is 3.22. The molecule has 1 aromatic carbocycles. The lowest BCUT2D eigenvalue weighted by molar-refractivity contribution is 0.232. The third kappa shape index (κ3) is 2.64. The van der Waals surface area contributed by atoms with Gasteiger partial charge in [-0.25, -0.2) is 9.97 Å². The molecule has 0 bridgehead atoms. The summed E-state index contributed by atoms with van der Waals surface area (Å²) in [5.74, 6) is 2.15. The first-order chi connectivity index (χ1) is 10.7. The molecule has 114 valence electrons. The van der Waals surface area contributed by atoms with E-state index in [0.717, 1.165) is 35.8 Å². The molecule has 0 unspecified atom stereocenters. The molecule has 5 nitrogen and oxygen atoms in total. The van der Waals surface area contributed by atoms with E-state index in [1.54, 1.807) is 0 Å². The Morgan fingerprint density at radius 1 is 1.32 bits per heavy atom. The predicted molar refractivity (Wildman–Crippen MR) is 86.3 cm³/mol. The van der Waals surface area contributed by atoms with Gasteiger partial charge in [0.1, 0.15) is 11.6 Å². The molecule has 4 rings (SSSR count). The smallest absolute Gasteiger partial charge is 0.122 e. The van der Waals surface area contributed by atoms with E-state index in [4.69, 9.17) is 4.98 Å². The molecule has 2 heterocycles. The Labute approximate surface area is 130 Å². The Hall–Kier alpha value is -2.14. The number of nitrogens with zero attached hydrogens (tertiary/aromatic N) is 4. The van der Waals surface area contributed by atoms with Gasteiger partial charge in [-0.1, -0.05) is 6.07 Å². The van der Waals surface area contributed by atoms with E-state index in [-0.39, 0.29) is 0 Å². The lowest BCUT2D eigenvalue weighted by atomic mass is 10.2. The lowest BCUT2D eigenvalue weighted by Gasteiger charge is -2.20. The van der Waals surface area contributed by atoms with Crippen LogP contribution in [0.15, 0.2) is 30.6 Å². The first-order valence-corrected chi connectivity index (χ1v) is 7.84. The monoisotopic (exact) mass is 295 g/mol. The van der Waals surface area contributed by atoms with Gasteiger partial charge in [0.15, 0.2) is 0 Å². The topological polar surface area (TPSA) is 49.7 Å². The molecule has 1 aliphatic rings. The van der Waals surface area contributed by atoms with E-state index in [1.165, 1.54) is 18.4 Å². The number of aromatic nitrogens is 4. The molecule has 1 fully saturated rings. The zero-order valence-electron chi connectivity index (χ0n) is 13.1. The Bertz CT molecular complexity index is 796. The van der Waals surface area contributed by atoms with Crippen molar-refractivity contribution in [3.8, 4) is 0 Å². The molecule has 3 aromatic rings. The SMILES string of the molecule is Cc1ccc2nc(CN(Cc3nccn3C)C3CC3)[nH]c2c1. The van der Waals surface area contributed by atoms with Crippen molar-refractivity contribution in [3.63, 3.8) is 0 Å². The standard InChI is InChI=1S/C17H21N5/c1-12-3-6-14-15(9-12)20-16(19-14)10-22(13-4-5-13)11-17-18-7-8-21(17)2/h3,6-9,13H,4-5,10-11H2,1-2H3,(H,19,20). The summed E-state index contributed by atoms with van der Waals surface area (Å²) in [6.45, 7) is 3.84. The molecule has 22 heavy (non-hydrogen) atoms. The number of aromatic amines is 1. The van der Waals surface area contributed by atoms with Crippen molar-refractivity contribution in [1.82, 2.24) is 24.4 Å². The van der Waals surface area contributed by atoms with Gasteiger partial charge in [-0.3, -0.25) is 4.90 Å². The number of benzene rings is 1. The van der Waals surface area contributed by atoms with Crippen molar-refractivity contribution in [3.05, 3.63) is 47.8 Å². The van der Waals surface area contributed by atoms with Crippen molar-refractivity contribution in [2.75, 3.05) is 0 Å². The summed E-state index contributed by atoms with van der Waals surface area (Å²) in [7, 11) is 2.05. The summed E-state index contributed by atoms with van der Waals surface area (Å²) in [6, 6.07) is 7.03. The number of aryl methyl sites for hydroxylation is 2. The average Bonchev–Trinajstić information content (AvgIpc) is 3.15. The summed E-state index contributed by atoms with van der Waals surface area (Å²) in [4.78, 5) is 15.1. The van der Waals surface area contributed by atoms with Gasteiger partial charge < -0.3 is 9.55 Å². The predicted octanol–water partition coefficient (Wildman–Crippen LogP) is 2.77. The number of hydrogen-bond acceptors (Lipinski definition) is 3. The highest BCUT2D eigenvalue weighted by molar-refractivity contribution is 5.75. The van der Waals surface area contributed by atoms with Gasteiger partial charge in [-0.05, 0) is 37.5 Å². The first-order valence-electron chi connectivity index (χ1n) is 7.84. The fraction of sp³-hybridized carbons (Fsp3) is 0.412. The van der Waals surface area contributed by atoms with Gasteiger partial charge in [0.25, 0.3) is 0 Å². The first kappa shape index (κ1) is 13.5. The van der Waals surface area contributed by atoms with Crippen molar-refractivity contribution in [2.24, 2.45) is 7.05 Å². The van der Waals surface area contributed by atoms with E-state index in [0.29, 0.717) is 6.04 Å². The minimum absolute atomic E-state index is 0.673. The highest BCUT2D eigenvalue weighted by Crippen LogP contribution is 2.29. The largest absolute Gasteiger partial charge is 0.341 e. The zero-order chi connectivity index (χ0) is 15.1. The molecule has 1 aliphatic carbocycles. The maximum absolute atomic E-state index is 4.73. The highest BCUT2D eigenvalue weighted by Gasteiger charge is 2.30. The molecule has 1 N–H and O–H groups in total. The molecule has 0 amide bonds. The molecule has 1 saturated carbocycles. The highest BCUT2D eigenvalue weighted by atomic mass is 15.2. The molecule has 5 heteroatoms. The molecule has 2 aromatic heterocycles. The van der Waals surface area contributed by atoms with Crippen LogP contribution in [-0.2, 0) is 20.1 Å². The van der Waals surface area contributed by atoms with E-state index in [9.17, 15) is 0 Å². The van der Waals surface area contributed by atoms with Crippen LogP contribution < -0.4 is 0 Å². The summed E-state index contributed by atoms with van der Waals surface area (Å²) < 4.78 is 2.09. The van der Waals surface area contributed by atoms with Gasteiger partial charge in [-0.2, -0.15) is 0 Å².